The predicted octanol–water partition coefficient (Wildman–Crippen LogP) is 3.86. The zero-order chi connectivity index (χ0) is 24.5. The minimum Gasteiger partial charge on any atom is -0.493 e. The van der Waals surface area contributed by atoms with Crippen molar-refractivity contribution in [1.29, 1.82) is 0 Å². The maximum atomic E-state index is 14.0. The van der Waals surface area contributed by atoms with Gasteiger partial charge in [-0.3, -0.25) is 9.20 Å². The first-order valence-electron chi connectivity index (χ1n) is 9.94. The average molecular weight is 457 g/mol. The highest BCUT2D eigenvalue weighted by molar-refractivity contribution is 6.10. The SMILES string of the molecule is COC(=O)c1c(-c2ccc(OC)c(OC)c2)c(C(=O)OC(C)(C)C)c2ccc(F)cn2c1=O. The lowest BCUT2D eigenvalue weighted by Gasteiger charge is -2.23. The molecule has 9 heteroatoms. The minimum absolute atomic E-state index is 0.0198. The van der Waals surface area contributed by atoms with E-state index in [9.17, 15) is 18.8 Å². The second-order valence-corrected chi connectivity index (χ2v) is 8.10. The smallest absolute Gasteiger partial charge is 0.344 e. The molecule has 0 aliphatic carbocycles. The molecule has 0 bridgehead atoms. The van der Waals surface area contributed by atoms with Gasteiger partial charge in [0.1, 0.15) is 17.0 Å². The van der Waals surface area contributed by atoms with Gasteiger partial charge in [0.05, 0.1) is 32.4 Å². The van der Waals surface area contributed by atoms with Crippen LogP contribution in [0.25, 0.3) is 16.6 Å². The van der Waals surface area contributed by atoms with Crippen LogP contribution in [0.15, 0.2) is 41.3 Å². The van der Waals surface area contributed by atoms with Crippen LogP contribution < -0.4 is 15.0 Å². The summed E-state index contributed by atoms with van der Waals surface area (Å²) in [5.74, 6) is -1.82. The average Bonchev–Trinajstić information content (AvgIpc) is 2.76. The molecule has 0 radical (unpaired) electrons. The van der Waals surface area contributed by atoms with Crippen molar-refractivity contribution in [1.82, 2.24) is 4.40 Å². The molecule has 8 nitrogen and oxygen atoms in total. The summed E-state index contributed by atoms with van der Waals surface area (Å²) < 4.78 is 35.9. The van der Waals surface area contributed by atoms with Crippen LogP contribution in [0.5, 0.6) is 11.5 Å². The van der Waals surface area contributed by atoms with E-state index in [1.807, 2.05) is 0 Å². The topological polar surface area (TPSA) is 92.5 Å². The van der Waals surface area contributed by atoms with Crippen molar-refractivity contribution in [3.05, 3.63) is 63.8 Å². The summed E-state index contributed by atoms with van der Waals surface area (Å²) in [5.41, 5.74) is -1.94. The molecule has 3 rings (SSSR count). The van der Waals surface area contributed by atoms with Crippen molar-refractivity contribution in [3.8, 4) is 22.6 Å². The van der Waals surface area contributed by atoms with E-state index in [1.54, 1.807) is 32.9 Å². The van der Waals surface area contributed by atoms with E-state index < -0.39 is 34.5 Å². The van der Waals surface area contributed by atoms with E-state index in [2.05, 4.69) is 0 Å². The van der Waals surface area contributed by atoms with Gasteiger partial charge in [0.25, 0.3) is 5.56 Å². The molecule has 0 fully saturated rings. The van der Waals surface area contributed by atoms with Crippen LogP contribution in [0.2, 0.25) is 0 Å². The zero-order valence-corrected chi connectivity index (χ0v) is 19.1. The zero-order valence-electron chi connectivity index (χ0n) is 19.1. The number of carbonyl (C=O) groups excluding carboxylic acids is 2. The molecule has 174 valence electrons. The molecule has 0 atom stereocenters. The van der Waals surface area contributed by atoms with Crippen LogP contribution in [0.1, 0.15) is 41.5 Å². The van der Waals surface area contributed by atoms with E-state index in [0.717, 1.165) is 23.8 Å². The van der Waals surface area contributed by atoms with Gasteiger partial charge in [0.2, 0.25) is 0 Å². The number of esters is 2. The molecular weight excluding hydrogens is 433 g/mol. The van der Waals surface area contributed by atoms with E-state index in [-0.39, 0.29) is 16.6 Å². The highest BCUT2D eigenvalue weighted by atomic mass is 19.1. The molecular formula is C24H24FNO7. The van der Waals surface area contributed by atoms with Crippen LogP contribution in [-0.2, 0) is 9.47 Å². The first kappa shape index (κ1) is 23.8. The van der Waals surface area contributed by atoms with Crippen molar-refractivity contribution in [2.75, 3.05) is 21.3 Å². The number of ether oxygens (including phenoxy) is 4. The Morgan fingerprint density at radius 2 is 1.58 bits per heavy atom. The largest absolute Gasteiger partial charge is 0.493 e. The fraction of sp³-hybridized carbons (Fsp3) is 0.292. The normalized spacial score (nSPS) is 11.2. The highest BCUT2D eigenvalue weighted by Crippen LogP contribution is 2.37. The fourth-order valence-corrected chi connectivity index (χ4v) is 3.43. The molecule has 3 aromatic rings. The second kappa shape index (κ2) is 8.93. The fourth-order valence-electron chi connectivity index (χ4n) is 3.43. The third kappa shape index (κ3) is 4.52. The van der Waals surface area contributed by atoms with Crippen LogP contribution in [0.3, 0.4) is 0 Å². The summed E-state index contributed by atoms with van der Waals surface area (Å²) >= 11 is 0. The Morgan fingerprint density at radius 3 is 2.15 bits per heavy atom. The summed E-state index contributed by atoms with van der Waals surface area (Å²) in [6.07, 6.45) is 0.899. The summed E-state index contributed by atoms with van der Waals surface area (Å²) in [6, 6.07) is 7.05. The summed E-state index contributed by atoms with van der Waals surface area (Å²) in [6.45, 7) is 5.04. The summed E-state index contributed by atoms with van der Waals surface area (Å²) in [7, 11) is 3.99. The Kier molecular flexibility index (Phi) is 6.44. The van der Waals surface area contributed by atoms with Gasteiger partial charge in [-0.2, -0.15) is 0 Å². The van der Waals surface area contributed by atoms with Gasteiger partial charge in [-0.25, -0.2) is 14.0 Å². The Morgan fingerprint density at radius 1 is 0.909 bits per heavy atom. The monoisotopic (exact) mass is 457 g/mol. The van der Waals surface area contributed by atoms with E-state index >= 15 is 0 Å². The Bertz CT molecular complexity index is 1300. The van der Waals surface area contributed by atoms with Gasteiger partial charge in [0.15, 0.2) is 11.5 Å². The lowest BCUT2D eigenvalue weighted by Crippen LogP contribution is -2.30. The van der Waals surface area contributed by atoms with E-state index in [0.29, 0.717) is 17.1 Å². The van der Waals surface area contributed by atoms with Crippen LogP contribution in [0, 0.1) is 5.82 Å². The molecule has 0 spiro atoms. The van der Waals surface area contributed by atoms with Crippen molar-refractivity contribution < 1.29 is 32.9 Å². The maximum Gasteiger partial charge on any atom is 0.344 e. The Labute approximate surface area is 189 Å². The number of hydrogen-bond donors (Lipinski definition) is 0. The van der Waals surface area contributed by atoms with Crippen molar-refractivity contribution in [2.24, 2.45) is 0 Å². The van der Waals surface area contributed by atoms with Crippen molar-refractivity contribution in [3.63, 3.8) is 0 Å². The number of aromatic nitrogens is 1. The number of halogens is 1. The summed E-state index contributed by atoms with van der Waals surface area (Å²) in [4.78, 5) is 39.4. The van der Waals surface area contributed by atoms with Crippen molar-refractivity contribution >= 4 is 17.5 Å². The Hall–Kier alpha value is -3.88. The molecule has 0 saturated carbocycles. The van der Waals surface area contributed by atoms with Gasteiger partial charge < -0.3 is 18.9 Å². The molecule has 0 amide bonds. The molecule has 0 N–H and O–H groups in total. The molecule has 0 unspecified atom stereocenters. The lowest BCUT2D eigenvalue weighted by atomic mass is 9.93. The first-order valence-corrected chi connectivity index (χ1v) is 9.94. The molecule has 1 aromatic carbocycles. The second-order valence-electron chi connectivity index (χ2n) is 8.10. The number of methoxy groups -OCH3 is 3. The molecule has 2 heterocycles. The molecule has 0 aliphatic rings. The standard InChI is InChI=1S/C24H24FNO7/c1-24(2,3)33-23(29)19-15-9-8-14(25)12-26(15)21(27)20(22(28)32-6)18(19)13-7-10-16(30-4)17(11-13)31-5/h7-12H,1-6H3. The van der Waals surface area contributed by atoms with Gasteiger partial charge in [-0.05, 0) is 50.6 Å². The molecule has 2 aromatic heterocycles. The van der Waals surface area contributed by atoms with Crippen LogP contribution in [0.4, 0.5) is 4.39 Å². The Balaban J connectivity index is 2.54. The van der Waals surface area contributed by atoms with Crippen LogP contribution in [-0.4, -0.2) is 43.3 Å². The predicted molar refractivity (Wildman–Crippen MR) is 119 cm³/mol. The third-order valence-electron chi connectivity index (χ3n) is 4.77. The number of nitrogens with zero attached hydrogens (tertiary/aromatic N) is 1. The number of pyridine rings is 2. The number of benzene rings is 1. The quantitative estimate of drug-likeness (QED) is 0.537. The van der Waals surface area contributed by atoms with Gasteiger partial charge in [-0.15, -0.1) is 0 Å². The van der Waals surface area contributed by atoms with Gasteiger partial charge in [-0.1, -0.05) is 6.07 Å². The number of carbonyl (C=O) groups is 2. The van der Waals surface area contributed by atoms with Crippen molar-refractivity contribution in [2.45, 2.75) is 26.4 Å². The van der Waals surface area contributed by atoms with E-state index in [1.165, 1.54) is 26.4 Å². The molecule has 0 aliphatic heterocycles. The third-order valence-corrected chi connectivity index (χ3v) is 4.77. The first-order chi connectivity index (χ1) is 15.5. The van der Waals surface area contributed by atoms with Gasteiger partial charge in [0, 0.05) is 11.8 Å². The molecule has 33 heavy (non-hydrogen) atoms. The number of fused-ring (bicyclic) bond motifs is 1. The summed E-state index contributed by atoms with van der Waals surface area (Å²) in [5, 5.41) is 0. The maximum absolute atomic E-state index is 14.0. The highest BCUT2D eigenvalue weighted by Gasteiger charge is 2.31. The van der Waals surface area contributed by atoms with Gasteiger partial charge >= 0.3 is 11.9 Å². The minimum atomic E-state index is -0.992. The number of rotatable bonds is 5. The van der Waals surface area contributed by atoms with Crippen LogP contribution >= 0.6 is 0 Å². The molecule has 0 saturated heterocycles. The lowest BCUT2D eigenvalue weighted by molar-refractivity contribution is 0.00721. The number of hydrogen-bond acceptors (Lipinski definition) is 7. The van der Waals surface area contributed by atoms with E-state index in [4.69, 9.17) is 18.9 Å².